The number of rotatable bonds is 8. The summed E-state index contributed by atoms with van der Waals surface area (Å²) in [5, 5.41) is 3.00. The largest absolute Gasteiger partial charge is 0.435 e. The molecule has 0 saturated carbocycles. The summed E-state index contributed by atoms with van der Waals surface area (Å²) in [4.78, 5) is 51.7. The summed E-state index contributed by atoms with van der Waals surface area (Å²) >= 11 is 1.60. The Hall–Kier alpha value is -3.35. The van der Waals surface area contributed by atoms with Gasteiger partial charge in [0.2, 0.25) is 5.91 Å². The average Bonchev–Trinajstić information content (AvgIpc) is 3.70. The Morgan fingerprint density at radius 3 is 2.34 bits per heavy atom. The van der Waals surface area contributed by atoms with E-state index in [1.54, 1.807) is 16.2 Å². The van der Waals surface area contributed by atoms with Crippen molar-refractivity contribution in [3.8, 4) is 10.4 Å². The Kier molecular flexibility index (Phi) is 9.86. The third kappa shape index (κ3) is 7.64. The third-order valence-corrected chi connectivity index (χ3v) is 14.0. The number of ether oxygens (including phenoxy) is 1. The van der Waals surface area contributed by atoms with Gasteiger partial charge in [0.15, 0.2) is 14.4 Å². The van der Waals surface area contributed by atoms with E-state index >= 15 is 0 Å². The average molecular weight is 640 g/mol. The number of hydrogen-bond donors (Lipinski definition) is 1. The highest BCUT2D eigenvalue weighted by atomic mass is 32.1. The van der Waals surface area contributed by atoms with Crippen LogP contribution in [0.25, 0.3) is 10.4 Å². The summed E-state index contributed by atoms with van der Waals surface area (Å²) in [7, 11) is -2.20. The number of aryl methyl sites for hydroxylation is 1. The Labute approximate surface area is 265 Å². The molecule has 10 nitrogen and oxygen atoms in total. The molecule has 0 bridgehead atoms. The van der Waals surface area contributed by atoms with Crippen LogP contribution in [-0.4, -0.2) is 70.5 Å². The summed E-state index contributed by atoms with van der Waals surface area (Å²) in [6, 6.07) is 7.26. The fourth-order valence-corrected chi connectivity index (χ4v) is 7.07. The van der Waals surface area contributed by atoms with Gasteiger partial charge in [-0.25, -0.2) is 19.3 Å². The van der Waals surface area contributed by atoms with Crippen molar-refractivity contribution in [2.75, 3.05) is 6.54 Å². The number of nitrogens with one attached hydrogen (secondary N) is 1. The van der Waals surface area contributed by atoms with Gasteiger partial charge in [0.05, 0.1) is 22.2 Å². The lowest BCUT2D eigenvalue weighted by atomic mass is 9.88. The maximum Gasteiger partial charge on any atom is 0.420 e. The number of carbonyl (C=O) groups excluding carboxylic acids is 3. The van der Waals surface area contributed by atoms with Crippen LogP contribution in [0.2, 0.25) is 18.1 Å². The quantitative estimate of drug-likeness (QED) is 0.300. The molecule has 0 unspecified atom stereocenters. The Morgan fingerprint density at radius 2 is 1.80 bits per heavy atom. The Balaban J connectivity index is 1.54. The van der Waals surface area contributed by atoms with Gasteiger partial charge < -0.3 is 19.4 Å². The second kappa shape index (κ2) is 12.9. The standard InChI is InChI=1S/C32H45N5O5SSi/c1-21-26(43-20-35-21)23-12-10-22(11-13-23)17-34-28(38)25-16-24(42-44(8,9)32(5,6)7)18-37(25)29(39)27(31(2,3)4)41-30(40)36-15-14-33-19-36/h10-15,19-20,24-25,27H,16-18H2,1-9H3,(H,34,38)/t24-,25+,27-/m1/s1. The van der Waals surface area contributed by atoms with Crippen LogP contribution in [0.3, 0.4) is 0 Å². The van der Waals surface area contributed by atoms with E-state index in [-0.39, 0.29) is 23.6 Å². The molecule has 3 atom stereocenters. The number of hydrogen-bond acceptors (Lipinski definition) is 8. The van der Waals surface area contributed by atoms with E-state index in [0.717, 1.165) is 21.7 Å². The second-order valence-corrected chi connectivity index (χ2v) is 19.6. The molecule has 1 aromatic carbocycles. The number of carbonyl (C=O) groups is 3. The molecule has 1 N–H and O–H groups in total. The van der Waals surface area contributed by atoms with Crippen molar-refractivity contribution in [3.05, 3.63) is 59.8 Å². The number of nitrogens with zero attached hydrogens (tertiary/aromatic N) is 4. The molecule has 2 aromatic heterocycles. The number of aromatic nitrogens is 3. The monoisotopic (exact) mass is 639 g/mol. The molecule has 3 aromatic rings. The molecule has 0 radical (unpaired) electrons. The van der Waals surface area contributed by atoms with Crippen LogP contribution in [0.15, 0.2) is 48.5 Å². The van der Waals surface area contributed by atoms with Gasteiger partial charge in [-0.05, 0) is 36.2 Å². The number of imidazole rings is 1. The first-order valence-electron chi connectivity index (χ1n) is 14.9. The SMILES string of the molecule is Cc1ncsc1-c1ccc(CNC(=O)[C@@H]2C[C@@H](O[Si](C)(C)C(C)(C)C)CN2C(=O)[C@@H](OC(=O)n2ccnc2)C(C)(C)C)cc1. The van der Waals surface area contributed by atoms with Crippen LogP contribution in [0.1, 0.15) is 59.2 Å². The minimum Gasteiger partial charge on any atom is -0.435 e. The smallest absolute Gasteiger partial charge is 0.420 e. The summed E-state index contributed by atoms with van der Waals surface area (Å²) in [6.45, 7) is 18.8. The van der Waals surface area contributed by atoms with Crippen molar-refractivity contribution in [2.24, 2.45) is 5.41 Å². The molecule has 4 rings (SSSR count). The van der Waals surface area contributed by atoms with Crippen molar-refractivity contribution >= 4 is 37.6 Å². The molecular weight excluding hydrogens is 595 g/mol. The first-order chi connectivity index (χ1) is 20.5. The molecule has 3 heterocycles. The summed E-state index contributed by atoms with van der Waals surface area (Å²) in [5.74, 6) is -0.688. The van der Waals surface area contributed by atoms with Crippen LogP contribution in [0.5, 0.6) is 0 Å². The molecule has 1 aliphatic rings. The maximum absolute atomic E-state index is 14.2. The molecule has 12 heteroatoms. The molecule has 0 spiro atoms. The maximum atomic E-state index is 14.2. The van der Waals surface area contributed by atoms with Gasteiger partial charge >= 0.3 is 6.09 Å². The minimum absolute atomic E-state index is 0.0413. The molecule has 238 valence electrons. The molecular formula is C32H45N5O5SSi. The van der Waals surface area contributed by atoms with E-state index in [0.29, 0.717) is 13.0 Å². The lowest BCUT2D eigenvalue weighted by Crippen LogP contribution is -2.53. The van der Waals surface area contributed by atoms with Crippen LogP contribution in [-0.2, 0) is 25.3 Å². The highest BCUT2D eigenvalue weighted by Gasteiger charge is 2.49. The van der Waals surface area contributed by atoms with Gasteiger partial charge in [0.1, 0.15) is 12.4 Å². The zero-order valence-electron chi connectivity index (χ0n) is 27.2. The van der Waals surface area contributed by atoms with Gasteiger partial charge in [-0.2, -0.15) is 0 Å². The second-order valence-electron chi connectivity index (χ2n) is 14.0. The van der Waals surface area contributed by atoms with Gasteiger partial charge in [0.25, 0.3) is 5.91 Å². The van der Waals surface area contributed by atoms with E-state index in [2.05, 4.69) is 49.1 Å². The lowest BCUT2D eigenvalue weighted by Gasteiger charge is -2.38. The van der Waals surface area contributed by atoms with Crippen molar-refractivity contribution in [1.29, 1.82) is 0 Å². The van der Waals surface area contributed by atoms with Gasteiger partial charge in [-0.1, -0.05) is 65.8 Å². The van der Waals surface area contributed by atoms with E-state index in [9.17, 15) is 14.4 Å². The fourth-order valence-electron chi connectivity index (χ4n) is 4.91. The van der Waals surface area contributed by atoms with Gasteiger partial charge in [0, 0.05) is 37.3 Å². The molecule has 1 saturated heterocycles. The van der Waals surface area contributed by atoms with Gasteiger partial charge in [-0.15, -0.1) is 11.3 Å². The number of thiazole rings is 1. The molecule has 1 fully saturated rings. The fraction of sp³-hybridized carbons (Fsp3) is 0.531. The zero-order chi connectivity index (χ0) is 32.4. The van der Waals surface area contributed by atoms with E-state index < -0.39 is 37.9 Å². The van der Waals surface area contributed by atoms with Crippen molar-refractivity contribution < 1.29 is 23.5 Å². The Morgan fingerprint density at radius 1 is 1.11 bits per heavy atom. The van der Waals surface area contributed by atoms with E-state index in [1.807, 2.05) is 57.5 Å². The normalized spacial score (nSPS) is 18.2. The summed E-state index contributed by atoms with van der Waals surface area (Å²) in [5.41, 5.74) is 4.11. The van der Waals surface area contributed by atoms with Crippen molar-refractivity contribution in [3.63, 3.8) is 0 Å². The first-order valence-corrected chi connectivity index (χ1v) is 18.7. The Bertz CT molecular complexity index is 1460. The number of likely N-dealkylation sites (tertiary alicyclic amines) is 1. The van der Waals surface area contributed by atoms with Crippen LogP contribution >= 0.6 is 11.3 Å². The zero-order valence-corrected chi connectivity index (χ0v) is 29.0. The number of benzene rings is 1. The lowest BCUT2D eigenvalue weighted by molar-refractivity contribution is -0.150. The van der Waals surface area contributed by atoms with E-state index in [4.69, 9.17) is 9.16 Å². The molecule has 1 aliphatic heterocycles. The topological polar surface area (TPSA) is 116 Å². The third-order valence-electron chi connectivity index (χ3n) is 8.49. The first kappa shape index (κ1) is 33.5. The molecule has 2 amide bonds. The van der Waals surface area contributed by atoms with Crippen molar-refractivity contribution in [1.82, 2.24) is 24.8 Å². The number of amides is 2. The predicted octanol–water partition coefficient (Wildman–Crippen LogP) is 6.02. The highest BCUT2D eigenvalue weighted by Crippen LogP contribution is 2.39. The minimum atomic E-state index is -2.20. The predicted molar refractivity (Wildman–Crippen MR) is 174 cm³/mol. The van der Waals surface area contributed by atoms with Crippen LogP contribution in [0.4, 0.5) is 4.79 Å². The van der Waals surface area contributed by atoms with Gasteiger partial charge in [-0.3, -0.25) is 9.59 Å². The highest BCUT2D eigenvalue weighted by molar-refractivity contribution is 7.13. The summed E-state index contributed by atoms with van der Waals surface area (Å²) < 4.78 is 13.6. The molecule has 0 aliphatic carbocycles. The van der Waals surface area contributed by atoms with Crippen molar-refractivity contribution in [2.45, 2.75) is 97.8 Å². The van der Waals surface area contributed by atoms with Crippen LogP contribution < -0.4 is 5.32 Å². The van der Waals surface area contributed by atoms with Crippen LogP contribution in [0, 0.1) is 12.3 Å². The van der Waals surface area contributed by atoms with E-state index in [1.165, 1.54) is 23.3 Å². The molecule has 44 heavy (non-hydrogen) atoms. The summed E-state index contributed by atoms with van der Waals surface area (Å²) in [6.07, 6.45) is 2.47.